The Bertz CT molecular complexity index is 5650. The number of carbonyl (C=O) groups is 8. The van der Waals surface area contributed by atoms with Crippen LogP contribution in [-0.4, -0.2) is 217 Å². The molecule has 1 aromatic carbocycles. The molecule has 672 valence electrons. The summed E-state index contributed by atoms with van der Waals surface area (Å²) in [6.07, 6.45) is 1.66. The standard InChI is InChI=1S/C27H28FN5O5.C20H19F3N6O2.2C20H18F3N5O2/c28-18-4-1-17(2-5-18)3-8-24(36)22-6-7-23-26(30-22)33(19-10-12-32(23)14-19)27(37)31-25-13-21(9-11-29-25)38-16-20(35)15-34;21-20(22,23)19(7-8-19)27-17(30)13-4-5-14-16(25-13)29(12-6-10-28(14)11-12)18(31)26-15-3-1-2-9-24-15;2*21-12-1-4-17(24-9-12)26-19(30)28-13-5-6-27(10-13)15-3-2-14(25-18(15)28)16(29)7-11-8-20(11,22)23/h1-2,4-7,9,11,13,19-20,34-35H,3,8,10,12,14-16H2,(H,29,31,37);1-5,9,12H,6-8,10-11H2,(H,27,30)(H,24,26,31);2*1-4,9,11,13H,5-8,10H2,(H,24,26,30)/t19-,20+;12-;2*11-,13+/m0011/s1. The Morgan fingerprint density at radius 1 is 0.465 bits per heavy atom. The normalized spacial score (nSPS) is 20.7. The number of aliphatic hydroxyl groups is 2. The minimum absolute atomic E-state index is 0.0663. The molecule has 0 radical (unpaired) electrons. The van der Waals surface area contributed by atoms with Gasteiger partial charge in [0.25, 0.3) is 17.8 Å². The number of aromatic nitrogens is 8. The van der Waals surface area contributed by atoms with Crippen molar-refractivity contribution in [3.8, 4) is 5.75 Å². The molecule has 42 heteroatoms. The van der Waals surface area contributed by atoms with Crippen molar-refractivity contribution in [3.05, 3.63) is 198 Å². The zero-order valence-electron chi connectivity index (χ0n) is 68.5. The Labute approximate surface area is 728 Å². The second kappa shape index (κ2) is 35.4. The molecular weight excluding hydrogens is 1710 g/mol. The van der Waals surface area contributed by atoms with Crippen LogP contribution >= 0.6 is 0 Å². The highest BCUT2D eigenvalue weighted by Crippen LogP contribution is 2.54. The number of hydrogen-bond donors (Lipinski definition) is 7. The molecule has 8 bridgehead atoms. The van der Waals surface area contributed by atoms with Crippen LogP contribution in [0.5, 0.6) is 5.75 Å². The number of aliphatic hydroxyl groups excluding tert-OH is 2. The fourth-order valence-electron chi connectivity index (χ4n) is 16.9. The number of aryl methyl sites for hydroxylation is 1. The maximum Gasteiger partial charge on any atom is 0.411 e. The van der Waals surface area contributed by atoms with Gasteiger partial charge in [-0.25, -0.2) is 89.8 Å². The molecule has 0 spiro atoms. The highest BCUT2D eigenvalue weighted by molar-refractivity contribution is 6.09. The maximum atomic E-state index is 13.4. The number of halogens is 10. The van der Waals surface area contributed by atoms with E-state index >= 15 is 0 Å². The summed E-state index contributed by atoms with van der Waals surface area (Å²) >= 11 is 0. The number of ketones is 3. The molecule has 9 amide bonds. The number of rotatable bonds is 20. The van der Waals surface area contributed by atoms with E-state index in [1.807, 2.05) is 6.07 Å². The van der Waals surface area contributed by atoms with Gasteiger partial charge in [-0.3, -0.25) is 60.0 Å². The van der Waals surface area contributed by atoms with Gasteiger partial charge in [-0.05, 0) is 154 Å². The molecule has 20 rings (SSSR count). The third kappa shape index (κ3) is 19.0. The van der Waals surface area contributed by atoms with Gasteiger partial charge < -0.3 is 39.9 Å². The average molecular weight is 1790 g/mol. The Kier molecular flexibility index (Phi) is 24.0. The Morgan fingerprint density at radius 2 is 0.853 bits per heavy atom. The molecule has 16 heterocycles. The van der Waals surface area contributed by atoms with Gasteiger partial charge in [0.15, 0.2) is 40.6 Å². The molecular formula is C87H83F10N21O11. The minimum Gasteiger partial charge on any atom is -0.491 e. The lowest BCUT2D eigenvalue weighted by Gasteiger charge is -2.35. The number of Topliss-reactive ketones (excluding diaryl/α,β-unsaturated/α-hetero) is 3. The number of carbonyl (C=O) groups excluding carboxylic acids is 8. The number of urea groups is 4. The monoisotopic (exact) mass is 1790 g/mol. The van der Waals surface area contributed by atoms with E-state index in [9.17, 15) is 87.4 Å². The quantitative estimate of drug-likeness (QED) is 0.0275. The van der Waals surface area contributed by atoms with E-state index in [-0.39, 0.29) is 133 Å². The van der Waals surface area contributed by atoms with Crippen LogP contribution in [0.15, 0.2) is 152 Å². The third-order valence-corrected chi connectivity index (χ3v) is 24.2. The smallest absolute Gasteiger partial charge is 0.411 e. The molecule has 3 saturated carbocycles. The van der Waals surface area contributed by atoms with E-state index < -0.39 is 101 Å². The van der Waals surface area contributed by atoms with Crippen molar-refractivity contribution >= 4 is 117 Å². The van der Waals surface area contributed by atoms with Gasteiger partial charge in [0.05, 0.1) is 65.9 Å². The van der Waals surface area contributed by atoms with Crippen LogP contribution in [0.25, 0.3) is 0 Å². The van der Waals surface area contributed by atoms with Crippen molar-refractivity contribution in [2.45, 2.75) is 131 Å². The summed E-state index contributed by atoms with van der Waals surface area (Å²) in [6.45, 7) is 4.96. The number of alkyl halides is 7. The van der Waals surface area contributed by atoms with E-state index in [0.717, 1.165) is 69.1 Å². The number of hydrogen-bond acceptors (Lipinski definition) is 23. The second-order valence-corrected chi connectivity index (χ2v) is 33.0. The molecule has 4 saturated heterocycles. The van der Waals surface area contributed by atoms with Crippen molar-refractivity contribution in [1.29, 1.82) is 0 Å². The molecule has 8 aromatic heterocycles. The first-order valence-corrected chi connectivity index (χ1v) is 41.8. The van der Waals surface area contributed by atoms with Gasteiger partial charge in [0.1, 0.15) is 87.5 Å². The van der Waals surface area contributed by atoms with Gasteiger partial charge in [-0.15, -0.1) is 0 Å². The zero-order valence-corrected chi connectivity index (χ0v) is 68.5. The van der Waals surface area contributed by atoms with Crippen molar-refractivity contribution in [3.63, 3.8) is 0 Å². The molecule has 11 aliphatic rings. The molecule has 7 fully saturated rings. The number of anilines is 12. The molecule has 3 aliphatic carbocycles. The average Bonchev–Trinajstić information content (AvgIpc) is 1.81. The first kappa shape index (κ1) is 87.3. The summed E-state index contributed by atoms with van der Waals surface area (Å²) in [5, 5.41) is 31.3. The van der Waals surface area contributed by atoms with Gasteiger partial charge in [-0.1, -0.05) is 18.2 Å². The van der Waals surface area contributed by atoms with E-state index in [1.54, 1.807) is 71.8 Å². The van der Waals surface area contributed by atoms with E-state index in [2.05, 4.69) is 86.1 Å². The summed E-state index contributed by atoms with van der Waals surface area (Å²) in [6, 6.07) is 29.9. The topological polar surface area (TPSA) is 375 Å². The van der Waals surface area contributed by atoms with Gasteiger partial charge in [-0.2, -0.15) is 13.2 Å². The Balaban J connectivity index is 0.000000121. The minimum atomic E-state index is -4.52. The summed E-state index contributed by atoms with van der Waals surface area (Å²) in [7, 11) is 0. The molecule has 9 aromatic rings. The SMILES string of the molecule is O=C(CCc1ccc(F)cc1)c1ccc2c(n1)N(C(=O)Nc1cc(OC[C@H](O)CO)ccn1)[C@H]1CCN2C1.O=C(C[C@@H]1CC1(F)F)c1ccc2c(n1)N(C(=O)Nc1ccc(F)cn1)[C@H]1CCN2C1.O=C(C[C@@H]1CC1(F)F)c1ccc2c(n1)N(C(=O)Nc1ccc(F)cn1)[C@H]1CCN2C1.O=C(NC1(C(F)(F)F)CC1)c1ccc2c(n1)N(C(=O)Nc1ccccn1)[C@H]1CCN2C1. The van der Waals surface area contributed by atoms with Crippen LogP contribution in [0.4, 0.5) is 132 Å². The van der Waals surface area contributed by atoms with Gasteiger partial charge in [0.2, 0.25) is 0 Å². The molecule has 0 unspecified atom stereocenters. The first-order valence-electron chi connectivity index (χ1n) is 41.8. The summed E-state index contributed by atoms with van der Waals surface area (Å²) in [5.41, 5.74) is 1.78. The van der Waals surface area contributed by atoms with Crippen LogP contribution in [0, 0.1) is 29.3 Å². The summed E-state index contributed by atoms with van der Waals surface area (Å²) in [5.74, 6) is -8.12. The second-order valence-electron chi connectivity index (χ2n) is 33.0. The first-order chi connectivity index (χ1) is 61.8. The Hall–Kier alpha value is -13.8. The summed E-state index contributed by atoms with van der Waals surface area (Å²) < 4.78 is 137. The van der Waals surface area contributed by atoms with Crippen LogP contribution in [0.2, 0.25) is 0 Å². The highest BCUT2D eigenvalue weighted by atomic mass is 19.4. The van der Waals surface area contributed by atoms with E-state index in [1.165, 1.54) is 81.6 Å². The lowest BCUT2D eigenvalue weighted by molar-refractivity contribution is -0.163. The number of nitrogens with one attached hydrogen (secondary N) is 5. The highest BCUT2D eigenvalue weighted by Gasteiger charge is 2.65. The van der Waals surface area contributed by atoms with Crippen LogP contribution in [0.3, 0.4) is 0 Å². The third-order valence-electron chi connectivity index (χ3n) is 24.2. The van der Waals surface area contributed by atoms with Gasteiger partial charge >= 0.3 is 30.3 Å². The van der Waals surface area contributed by atoms with Gasteiger partial charge in [0, 0.05) is 115 Å². The maximum absolute atomic E-state index is 13.4. The largest absolute Gasteiger partial charge is 0.491 e. The molecule has 7 atom stereocenters. The Morgan fingerprint density at radius 3 is 1.23 bits per heavy atom. The number of pyridine rings is 8. The predicted molar refractivity (Wildman–Crippen MR) is 449 cm³/mol. The lowest BCUT2D eigenvalue weighted by atomic mass is 10.1. The predicted octanol–water partition coefficient (Wildman–Crippen LogP) is 12.7. The zero-order chi connectivity index (χ0) is 90.5. The van der Waals surface area contributed by atoms with Crippen molar-refractivity contribution < 1.29 is 97.2 Å². The van der Waals surface area contributed by atoms with E-state index in [4.69, 9.17) is 9.84 Å². The number of benzene rings is 1. The fraction of sp³-hybridized carbons (Fsp3) is 0.379. The molecule has 32 nitrogen and oxygen atoms in total. The number of ether oxygens (including phenoxy) is 1. The van der Waals surface area contributed by atoms with Crippen LogP contribution in [-0.2, 0) is 6.42 Å². The number of amides is 9. The van der Waals surface area contributed by atoms with E-state index in [0.29, 0.717) is 85.1 Å². The number of fused-ring (bicyclic) bond motifs is 16. The lowest BCUT2D eigenvalue weighted by Crippen LogP contribution is -2.49. The van der Waals surface area contributed by atoms with Crippen LogP contribution in [0.1, 0.15) is 118 Å². The van der Waals surface area contributed by atoms with Crippen molar-refractivity contribution in [2.24, 2.45) is 11.8 Å². The molecule has 7 N–H and O–H groups in total. The fourth-order valence-corrected chi connectivity index (χ4v) is 16.9. The van der Waals surface area contributed by atoms with Crippen molar-refractivity contribution in [1.82, 2.24) is 45.2 Å². The van der Waals surface area contributed by atoms with Crippen molar-refractivity contribution in [2.75, 3.05) is 126 Å². The summed E-state index contributed by atoms with van der Waals surface area (Å²) in [4.78, 5) is 151. The molecule has 8 aliphatic heterocycles. The number of nitrogens with zero attached hydrogens (tertiary/aromatic N) is 16. The molecule has 129 heavy (non-hydrogen) atoms. The van der Waals surface area contributed by atoms with Crippen LogP contribution < -0.4 is 70.5 Å².